The minimum absolute atomic E-state index is 0.678. The molecule has 0 heterocycles. The van der Waals surface area contributed by atoms with Gasteiger partial charge in [-0.05, 0) is 38.2 Å². The summed E-state index contributed by atoms with van der Waals surface area (Å²) in [5.74, 6) is 1.40. The lowest BCUT2D eigenvalue weighted by Crippen LogP contribution is -2.10. The van der Waals surface area contributed by atoms with Crippen molar-refractivity contribution in [3.8, 4) is 0 Å². The van der Waals surface area contributed by atoms with E-state index in [0.29, 0.717) is 5.88 Å². The highest BCUT2D eigenvalue weighted by Gasteiger charge is 2.17. The standard InChI is InChI=1S/C17H23Cl/c1-13-8-14(2)10-15(9-13)11-17(12-18)16-6-4-3-5-7-16/h8-11,16H,3-7,12H2,1-2H3. The van der Waals surface area contributed by atoms with E-state index in [-0.39, 0.29) is 0 Å². The third kappa shape index (κ3) is 3.62. The first-order valence-corrected chi connectivity index (χ1v) is 7.57. The van der Waals surface area contributed by atoms with Crippen molar-refractivity contribution in [2.24, 2.45) is 5.92 Å². The number of hydrogen-bond acceptors (Lipinski definition) is 0. The van der Waals surface area contributed by atoms with Gasteiger partial charge >= 0.3 is 0 Å². The maximum atomic E-state index is 6.16. The second kappa shape index (κ2) is 6.43. The van der Waals surface area contributed by atoms with Gasteiger partial charge in [0.1, 0.15) is 0 Å². The van der Waals surface area contributed by atoms with Gasteiger partial charge in [-0.25, -0.2) is 0 Å². The molecule has 0 unspecified atom stereocenters. The predicted molar refractivity (Wildman–Crippen MR) is 81.2 cm³/mol. The molecule has 1 aliphatic rings. The van der Waals surface area contributed by atoms with Gasteiger partial charge in [-0.1, -0.05) is 60.2 Å². The molecule has 0 nitrogen and oxygen atoms in total. The van der Waals surface area contributed by atoms with Crippen molar-refractivity contribution in [3.63, 3.8) is 0 Å². The van der Waals surface area contributed by atoms with Crippen LogP contribution in [0.5, 0.6) is 0 Å². The molecule has 1 aliphatic carbocycles. The van der Waals surface area contributed by atoms with E-state index in [1.165, 1.54) is 54.4 Å². The van der Waals surface area contributed by atoms with Gasteiger partial charge in [0.25, 0.3) is 0 Å². The quantitative estimate of drug-likeness (QED) is 0.631. The van der Waals surface area contributed by atoms with Crippen LogP contribution < -0.4 is 0 Å². The van der Waals surface area contributed by atoms with Gasteiger partial charge in [-0.2, -0.15) is 0 Å². The Morgan fingerprint density at radius 2 is 1.72 bits per heavy atom. The first-order valence-electron chi connectivity index (χ1n) is 7.04. The number of aryl methyl sites for hydroxylation is 2. The Labute approximate surface area is 116 Å². The smallest absolute Gasteiger partial charge is 0.0439 e. The zero-order valence-electron chi connectivity index (χ0n) is 11.5. The van der Waals surface area contributed by atoms with Crippen molar-refractivity contribution in [1.29, 1.82) is 0 Å². The molecule has 0 atom stereocenters. The van der Waals surface area contributed by atoms with E-state index in [0.717, 1.165) is 5.92 Å². The molecule has 0 amide bonds. The van der Waals surface area contributed by atoms with Crippen molar-refractivity contribution in [2.75, 3.05) is 5.88 Å². The predicted octanol–water partition coefficient (Wildman–Crippen LogP) is 5.51. The number of allylic oxidation sites excluding steroid dienone is 1. The zero-order valence-corrected chi connectivity index (χ0v) is 12.3. The molecule has 1 fully saturated rings. The average Bonchev–Trinajstić information content (AvgIpc) is 2.36. The summed E-state index contributed by atoms with van der Waals surface area (Å²) in [4.78, 5) is 0. The van der Waals surface area contributed by atoms with Crippen LogP contribution in [0.25, 0.3) is 6.08 Å². The van der Waals surface area contributed by atoms with Crippen LogP contribution >= 0.6 is 11.6 Å². The molecule has 0 radical (unpaired) electrons. The van der Waals surface area contributed by atoms with Crippen molar-refractivity contribution >= 4 is 17.7 Å². The van der Waals surface area contributed by atoms with Crippen molar-refractivity contribution < 1.29 is 0 Å². The van der Waals surface area contributed by atoms with E-state index in [1.807, 2.05) is 0 Å². The molecular weight excluding hydrogens is 240 g/mol. The summed E-state index contributed by atoms with van der Waals surface area (Å²) in [5.41, 5.74) is 5.41. The van der Waals surface area contributed by atoms with Gasteiger partial charge in [-0.3, -0.25) is 0 Å². The van der Waals surface area contributed by atoms with Crippen LogP contribution in [0.2, 0.25) is 0 Å². The summed E-state index contributed by atoms with van der Waals surface area (Å²) < 4.78 is 0. The van der Waals surface area contributed by atoms with E-state index in [2.05, 4.69) is 38.1 Å². The summed E-state index contributed by atoms with van der Waals surface area (Å²) in [6, 6.07) is 6.73. The highest BCUT2D eigenvalue weighted by Crippen LogP contribution is 2.31. The third-order valence-corrected chi connectivity index (χ3v) is 4.19. The zero-order chi connectivity index (χ0) is 13.0. The topological polar surface area (TPSA) is 0 Å². The Kier molecular flexibility index (Phi) is 4.88. The molecule has 98 valence electrons. The Morgan fingerprint density at radius 1 is 1.11 bits per heavy atom. The van der Waals surface area contributed by atoms with Crippen molar-refractivity contribution in [1.82, 2.24) is 0 Å². The Hall–Kier alpha value is -0.750. The Morgan fingerprint density at radius 3 is 2.28 bits per heavy atom. The molecule has 1 heteroatoms. The Bertz CT molecular complexity index is 405. The van der Waals surface area contributed by atoms with Crippen LogP contribution in [-0.4, -0.2) is 5.88 Å². The molecule has 1 aromatic carbocycles. The highest BCUT2D eigenvalue weighted by atomic mass is 35.5. The van der Waals surface area contributed by atoms with Gasteiger partial charge in [0.05, 0.1) is 0 Å². The van der Waals surface area contributed by atoms with Gasteiger partial charge in [-0.15, -0.1) is 11.6 Å². The van der Waals surface area contributed by atoms with E-state index < -0.39 is 0 Å². The molecule has 0 saturated heterocycles. The number of alkyl halides is 1. The molecule has 0 N–H and O–H groups in total. The number of benzene rings is 1. The van der Waals surface area contributed by atoms with Gasteiger partial charge < -0.3 is 0 Å². The SMILES string of the molecule is Cc1cc(C)cc(C=C(CCl)C2CCCCC2)c1. The number of halogens is 1. The maximum absolute atomic E-state index is 6.16. The lowest BCUT2D eigenvalue weighted by molar-refractivity contribution is 0.405. The molecule has 0 bridgehead atoms. The van der Waals surface area contributed by atoms with Crippen LogP contribution in [0.4, 0.5) is 0 Å². The second-order valence-electron chi connectivity index (χ2n) is 5.61. The van der Waals surface area contributed by atoms with Gasteiger partial charge in [0.15, 0.2) is 0 Å². The van der Waals surface area contributed by atoms with Crippen molar-refractivity contribution in [3.05, 3.63) is 40.5 Å². The molecular formula is C17H23Cl. The lowest BCUT2D eigenvalue weighted by atomic mass is 9.83. The molecule has 0 aliphatic heterocycles. The van der Waals surface area contributed by atoms with Gasteiger partial charge in [0.2, 0.25) is 0 Å². The molecule has 18 heavy (non-hydrogen) atoms. The van der Waals surface area contributed by atoms with Crippen LogP contribution in [0.1, 0.15) is 48.8 Å². The minimum atomic E-state index is 0.678. The monoisotopic (exact) mass is 262 g/mol. The van der Waals surface area contributed by atoms with E-state index in [9.17, 15) is 0 Å². The number of hydrogen-bond donors (Lipinski definition) is 0. The first-order chi connectivity index (χ1) is 8.69. The molecule has 2 rings (SSSR count). The second-order valence-corrected chi connectivity index (χ2v) is 5.88. The summed E-state index contributed by atoms with van der Waals surface area (Å²) in [6.45, 7) is 4.32. The fourth-order valence-electron chi connectivity index (χ4n) is 3.05. The van der Waals surface area contributed by atoms with E-state index >= 15 is 0 Å². The third-order valence-electron chi connectivity index (χ3n) is 3.88. The van der Waals surface area contributed by atoms with Crippen LogP contribution in [0, 0.1) is 19.8 Å². The summed E-state index contributed by atoms with van der Waals surface area (Å²) in [7, 11) is 0. The fourth-order valence-corrected chi connectivity index (χ4v) is 3.34. The van der Waals surface area contributed by atoms with Crippen LogP contribution in [0.15, 0.2) is 23.8 Å². The Balaban J connectivity index is 2.22. The summed E-state index contributed by atoms with van der Waals surface area (Å²) >= 11 is 6.16. The lowest BCUT2D eigenvalue weighted by Gasteiger charge is -2.23. The van der Waals surface area contributed by atoms with Crippen molar-refractivity contribution in [2.45, 2.75) is 46.0 Å². The van der Waals surface area contributed by atoms with Gasteiger partial charge in [0, 0.05) is 5.88 Å². The largest absolute Gasteiger partial charge is 0.122 e. The highest BCUT2D eigenvalue weighted by molar-refractivity contribution is 6.19. The molecule has 1 aromatic rings. The molecule has 1 saturated carbocycles. The molecule has 0 aromatic heterocycles. The minimum Gasteiger partial charge on any atom is -0.122 e. The van der Waals surface area contributed by atoms with Crippen LogP contribution in [-0.2, 0) is 0 Å². The average molecular weight is 263 g/mol. The summed E-state index contributed by atoms with van der Waals surface area (Å²) in [5, 5.41) is 0. The molecule has 0 spiro atoms. The first kappa shape index (κ1) is 13.7. The van der Waals surface area contributed by atoms with E-state index in [1.54, 1.807) is 0 Å². The summed E-state index contributed by atoms with van der Waals surface area (Å²) in [6.07, 6.45) is 9.10. The van der Waals surface area contributed by atoms with E-state index in [4.69, 9.17) is 11.6 Å². The maximum Gasteiger partial charge on any atom is 0.0439 e. The van der Waals surface area contributed by atoms with Crippen LogP contribution in [0.3, 0.4) is 0 Å². The number of rotatable bonds is 3. The fraction of sp³-hybridized carbons (Fsp3) is 0.529. The normalized spacial score (nSPS) is 18.1.